The van der Waals surface area contributed by atoms with E-state index in [0.29, 0.717) is 3.92 Å². The largest absolute Gasteiger partial charge is 0.640 e. The molecule has 0 saturated carbocycles. The second-order valence-electron chi connectivity index (χ2n) is 5.09. The molecule has 5 heteroatoms. The summed E-state index contributed by atoms with van der Waals surface area (Å²) < 4.78 is 17.7. The van der Waals surface area contributed by atoms with Gasteiger partial charge in [0.15, 0.2) is 3.92 Å². The normalized spacial score (nSPS) is 27.8. The molecule has 0 aromatic carbocycles. The van der Waals surface area contributed by atoms with E-state index in [1.165, 1.54) is 0 Å². The molecule has 0 amide bonds. The van der Waals surface area contributed by atoms with Gasteiger partial charge in [-0.1, -0.05) is 0 Å². The van der Waals surface area contributed by atoms with Crippen LogP contribution in [0.15, 0.2) is 0 Å². The minimum Gasteiger partial charge on any atom is -0.379 e. The van der Waals surface area contributed by atoms with E-state index in [2.05, 4.69) is 6.92 Å². The van der Waals surface area contributed by atoms with Gasteiger partial charge in [0.1, 0.15) is 0 Å². The summed E-state index contributed by atoms with van der Waals surface area (Å²) in [6.45, 7) is 12.3. The van der Waals surface area contributed by atoms with E-state index >= 15 is 0 Å². The Balaban J connectivity index is 2.56. The van der Waals surface area contributed by atoms with Crippen LogP contribution >= 0.6 is 0 Å². The smallest absolute Gasteiger partial charge is 0.379 e. The summed E-state index contributed by atoms with van der Waals surface area (Å²) in [5.74, 6) is 0. The van der Waals surface area contributed by atoms with Crippen molar-refractivity contribution < 1.29 is 36.6 Å². The van der Waals surface area contributed by atoms with E-state index in [-0.39, 0.29) is 17.3 Å². The van der Waals surface area contributed by atoms with Crippen molar-refractivity contribution in [3.05, 3.63) is 0 Å². The van der Waals surface area contributed by atoms with E-state index in [9.17, 15) is 0 Å². The molecular formula is C10H21BIO3+. The molecule has 0 radical (unpaired) electrons. The first-order valence-corrected chi connectivity index (χ1v) is 6.67. The first-order chi connectivity index (χ1) is 6.66. The molecule has 1 aliphatic rings. The summed E-state index contributed by atoms with van der Waals surface area (Å²) in [7, 11) is -0.533. The lowest BCUT2D eigenvalue weighted by Crippen LogP contribution is -3.39. The highest BCUT2D eigenvalue weighted by Gasteiger charge is 2.53. The van der Waals surface area contributed by atoms with E-state index in [1.807, 2.05) is 57.2 Å². The molecule has 1 saturated heterocycles. The fourth-order valence-electron chi connectivity index (χ4n) is 1.13. The first kappa shape index (κ1) is 13.7. The van der Waals surface area contributed by atoms with E-state index in [1.54, 1.807) is 0 Å². The van der Waals surface area contributed by atoms with Crippen molar-refractivity contribution in [1.29, 1.82) is 0 Å². The van der Waals surface area contributed by atoms with E-state index < -0.39 is 7.32 Å². The SMILES string of the molecule is CC([IH+])C(C)OB1OC(C)(C)C(C)(C)O1. The average molecular weight is 327 g/mol. The van der Waals surface area contributed by atoms with Crippen LogP contribution in [0.25, 0.3) is 0 Å². The van der Waals surface area contributed by atoms with Crippen LogP contribution in [0.4, 0.5) is 0 Å². The molecule has 2 atom stereocenters. The van der Waals surface area contributed by atoms with Crippen LogP contribution in [0.1, 0.15) is 41.5 Å². The lowest BCUT2D eigenvalue weighted by atomic mass is 9.90. The fourth-order valence-corrected chi connectivity index (χ4v) is 1.31. The molecule has 0 aliphatic carbocycles. The quantitative estimate of drug-likeness (QED) is 0.365. The average Bonchev–Trinajstić information content (AvgIpc) is 2.19. The Hall–Kier alpha value is 0.675. The molecule has 88 valence electrons. The maximum absolute atomic E-state index is 5.74. The predicted octanol–water partition coefficient (Wildman–Crippen LogP) is -1.35. The van der Waals surface area contributed by atoms with Crippen molar-refractivity contribution in [2.75, 3.05) is 0 Å². The molecule has 2 unspecified atom stereocenters. The number of alkyl halides is 1. The van der Waals surface area contributed by atoms with Gasteiger partial charge < -0.3 is 14.0 Å². The third kappa shape index (κ3) is 3.08. The van der Waals surface area contributed by atoms with Crippen molar-refractivity contribution >= 4 is 7.32 Å². The monoisotopic (exact) mass is 327 g/mol. The molecule has 0 spiro atoms. The Bertz CT molecular complexity index is 215. The fraction of sp³-hybridized carbons (Fsp3) is 1.00. The molecule has 1 heterocycles. The minimum absolute atomic E-state index is 0.143. The Kier molecular flexibility index (Phi) is 4.13. The number of hydrogen-bond donors (Lipinski definition) is 0. The zero-order valence-electron chi connectivity index (χ0n) is 10.4. The van der Waals surface area contributed by atoms with Crippen LogP contribution in [-0.2, 0) is 14.0 Å². The third-order valence-electron chi connectivity index (χ3n) is 3.22. The van der Waals surface area contributed by atoms with Gasteiger partial charge in [-0.05, 0) is 41.5 Å². The molecule has 0 bridgehead atoms. The number of rotatable bonds is 3. The summed E-state index contributed by atoms with van der Waals surface area (Å²) in [6.07, 6.45) is 0.143. The highest BCUT2D eigenvalue weighted by Crippen LogP contribution is 2.37. The van der Waals surface area contributed by atoms with Gasteiger partial charge in [-0.3, -0.25) is 0 Å². The van der Waals surface area contributed by atoms with Gasteiger partial charge in [0.25, 0.3) is 22.6 Å². The lowest BCUT2D eigenvalue weighted by Gasteiger charge is -2.31. The summed E-state index contributed by atoms with van der Waals surface area (Å²) in [5, 5.41) is 0. The maximum atomic E-state index is 5.74. The Labute approximate surface area is 107 Å². The van der Waals surface area contributed by atoms with Crippen molar-refractivity contribution in [2.45, 2.75) is 62.8 Å². The molecule has 0 N–H and O–H groups in total. The molecule has 3 nitrogen and oxygen atoms in total. The van der Waals surface area contributed by atoms with Gasteiger partial charge in [-0.25, -0.2) is 0 Å². The topological polar surface area (TPSA) is 27.7 Å². The van der Waals surface area contributed by atoms with Crippen molar-refractivity contribution in [3.63, 3.8) is 0 Å². The first-order valence-electron chi connectivity index (χ1n) is 5.32. The number of hydrogen-bond acceptors (Lipinski definition) is 3. The predicted molar refractivity (Wildman–Crippen MR) is 57.5 cm³/mol. The van der Waals surface area contributed by atoms with Gasteiger partial charge in [0, 0.05) is 0 Å². The maximum Gasteiger partial charge on any atom is 0.640 e. The van der Waals surface area contributed by atoms with Crippen LogP contribution in [0.5, 0.6) is 0 Å². The van der Waals surface area contributed by atoms with Crippen molar-refractivity contribution in [3.8, 4) is 0 Å². The van der Waals surface area contributed by atoms with Crippen molar-refractivity contribution in [1.82, 2.24) is 0 Å². The molecule has 15 heavy (non-hydrogen) atoms. The zero-order valence-corrected chi connectivity index (χ0v) is 12.7. The molecule has 0 aromatic rings. The Morgan fingerprint density at radius 1 is 1.07 bits per heavy atom. The number of halogens is 1. The molecule has 1 rings (SSSR count). The van der Waals surface area contributed by atoms with Crippen LogP contribution in [0, 0.1) is 0 Å². The van der Waals surface area contributed by atoms with Gasteiger partial charge in [0.05, 0.1) is 17.3 Å². The zero-order chi connectivity index (χ0) is 11.9. The molecule has 1 fully saturated rings. The Morgan fingerprint density at radius 2 is 1.47 bits per heavy atom. The van der Waals surface area contributed by atoms with Gasteiger partial charge in [-0.2, -0.15) is 0 Å². The van der Waals surface area contributed by atoms with Gasteiger partial charge >= 0.3 is 7.32 Å². The van der Waals surface area contributed by atoms with E-state index in [0.717, 1.165) is 0 Å². The molecular weight excluding hydrogens is 306 g/mol. The Morgan fingerprint density at radius 3 is 1.80 bits per heavy atom. The minimum atomic E-state index is -0.533. The van der Waals surface area contributed by atoms with Gasteiger partial charge in [-0.15, -0.1) is 0 Å². The third-order valence-corrected chi connectivity index (χ3v) is 4.31. The van der Waals surface area contributed by atoms with Crippen LogP contribution in [0.2, 0.25) is 0 Å². The highest BCUT2D eigenvalue weighted by molar-refractivity contribution is 6.37. The summed E-state index contributed by atoms with van der Waals surface area (Å²) in [4.78, 5) is 0. The summed E-state index contributed by atoms with van der Waals surface area (Å²) in [6, 6.07) is 0. The second kappa shape index (κ2) is 4.51. The molecule has 1 aliphatic heterocycles. The van der Waals surface area contributed by atoms with Crippen LogP contribution < -0.4 is 22.6 Å². The second-order valence-corrected chi connectivity index (χ2v) is 7.21. The standard InChI is InChI=1S/C10H21BIO3/c1-7(12)8(2)13-11-14-9(3,4)10(5,6)15-11/h7-8,12H,1-6H3/q+1. The lowest BCUT2D eigenvalue weighted by molar-refractivity contribution is -0.429. The summed E-state index contributed by atoms with van der Waals surface area (Å²) >= 11 is 2.05. The van der Waals surface area contributed by atoms with E-state index in [4.69, 9.17) is 14.0 Å². The summed E-state index contributed by atoms with van der Waals surface area (Å²) in [5.41, 5.74) is -0.621. The van der Waals surface area contributed by atoms with Crippen molar-refractivity contribution in [2.24, 2.45) is 0 Å². The van der Waals surface area contributed by atoms with Crippen LogP contribution in [0.3, 0.4) is 0 Å². The highest BCUT2D eigenvalue weighted by atomic mass is 127. The molecule has 0 aromatic heterocycles. The van der Waals surface area contributed by atoms with Crippen LogP contribution in [-0.4, -0.2) is 28.6 Å². The van der Waals surface area contributed by atoms with Gasteiger partial charge in [0.2, 0.25) is 0 Å².